The predicted octanol–water partition coefficient (Wildman–Crippen LogP) is 5.33. The van der Waals surface area contributed by atoms with E-state index >= 15 is 0 Å². The lowest BCUT2D eigenvalue weighted by Gasteiger charge is -2.35. The molecular weight excluding hydrogens is 374 g/mol. The van der Waals surface area contributed by atoms with Crippen molar-refractivity contribution in [2.45, 2.75) is 6.42 Å². The van der Waals surface area contributed by atoms with E-state index < -0.39 is 0 Å². The largest absolute Gasteiger partial charge is 0.354 e. The number of hydrogen-bond donors (Lipinski definition) is 0. The van der Waals surface area contributed by atoms with Crippen LogP contribution in [0.25, 0.3) is 21.3 Å². The lowest BCUT2D eigenvalue weighted by Crippen LogP contribution is -2.47. The minimum absolute atomic E-state index is 1.04. The Labute approximate surface area is 176 Å². The van der Waals surface area contributed by atoms with Gasteiger partial charge in [0.15, 0.2) is 0 Å². The maximum atomic E-state index is 5.09. The molecule has 5 rings (SSSR count). The van der Waals surface area contributed by atoms with Crippen LogP contribution in [0, 0.1) is 0 Å². The second kappa shape index (κ2) is 8.36. The van der Waals surface area contributed by atoms with E-state index in [9.17, 15) is 0 Å². The monoisotopic (exact) mass is 399 g/mol. The highest BCUT2D eigenvalue weighted by Crippen LogP contribution is 2.32. The quantitative estimate of drug-likeness (QED) is 0.452. The predicted molar refractivity (Wildman–Crippen MR) is 124 cm³/mol. The molecule has 3 nitrogen and oxygen atoms in total. The van der Waals surface area contributed by atoms with Gasteiger partial charge in [0.25, 0.3) is 0 Å². The van der Waals surface area contributed by atoms with Crippen LogP contribution in [-0.4, -0.2) is 42.6 Å². The number of rotatable bonds is 5. The minimum atomic E-state index is 1.04. The van der Waals surface area contributed by atoms with Gasteiger partial charge in [-0.1, -0.05) is 54.6 Å². The molecule has 0 N–H and O–H groups in total. The standard InChI is InChI=1S/C25H25N3S/c1-2-6-20(7-3-1)13-14-27-15-17-28(18-16-27)24-12-11-21-8-4-9-22(25(21)26-24)23-10-5-19-29-23/h1-12,19H,13-18H2. The maximum absolute atomic E-state index is 5.09. The van der Waals surface area contributed by atoms with Gasteiger partial charge in [0.1, 0.15) is 5.82 Å². The van der Waals surface area contributed by atoms with Crippen molar-refractivity contribution in [3.05, 3.63) is 83.7 Å². The summed E-state index contributed by atoms with van der Waals surface area (Å²) in [6, 6.07) is 25.9. The first-order valence-corrected chi connectivity index (χ1v) is 11.2. The van der Waals surface area contributed by atoms with Crippen molar-refractivity contribution in [3.8, 4) is 10.4 Å². The summed E-state index contributed by atoms with van der Waals surface area (Å²) in [5.74, 6) is 1.10. The van der Waals surface area contributed by atoms with Crippen LogP contribution in [0.1, 0.15) is 5.56 Å². The number of hydrogen-bond acceptors (Lipinski definition) is 4. The van der Waals surface area contributed by atoms with Gasteiger partial charge in [-0.25, -0.2) is 4.98 Å². The number of para-hydroxylation sites is 1. The molecule has 3 heterocycles. The normalized spacial score (nSPS) is 15.1. The summed E-state index contributed by atoms with van der Waals surface area (Å²) in [7, 11) is 0. The highest BCUT2D eigenvalue weighted by atomic mass is 32.1. The van der Waals surface area contributed by atoms with Crippen LogP contribution in [0.5, 0.6) is 0 Å². The number of nitrogens with zero attached hydrogens (tertiary/aromatic N) is 3. The second-order valence-electron chi connectivity index (χ2n) is 7.59. The number of benzene rings is 2. The van der Waals surface area contributed by atoms with E-state index in [1.54, 1.807) is 11.3 Å². The Kier molecular flexibility index (Phi) is 5.29. The van der Waals surface area contributed by atoms with Crippen LogP contribution in [0.4, 0.5) is 5.82 Å². The molecule has 4 heteroatoms. The van der Waals surface area contributed by atoms with Crippen molar-refractivity contribution in [1.29, 1.82) is 0 Å². The zero-order valence-electron chi connectivity index (χ0n) is 16.5. The van der Waals surface area contributed by atoms with E-state index in [0.29, 0.717) is 0 Å². The highest BCUT2D eigenvalue weighted by molar-refractivity contribution is 7.13. The molecule has 0 aliphatic carbocycles. The molecule has 146 valence electrons. The number of thiophene rings is 1. The van der Waals surface area contributed by atoms with Crippen molar-refractivity contribution in [2.24, 2.45) is 0 Å². The molecule has 29 heavy (non-hydrogen) atoms. The molecule has 2 aromatic carbocycles. The summed E-state index contributed by atoms with van der Waals surface area (Å²) in [5.41, 5.74) is 3.77. The average Bonchev–Trinajstić information content (AvgIpc) is 3.33. The third-order valence-corrected chi connectivity index (χ3v) is 6.65. The first kappa shape index (κ1) is 18.3. The van der Waals surface area contributed by atoms with Crippen LogP contribution < -0.4 is 4.90 Å². The van der Waals surface area contributed by atoms with Crippen LogP contribution in [0.3, 0.4) is 0 Å². The molecule has 1 aliphatic heterocycles. The highest BCUT2D eigenvalue weighted by Gasteiger charge is 2.18. The fourth-order valence-electron chi connectivity index (χ4n) is 4.08. The summed E-state index contributed by atoms with van der Waals surface area (Å²) >= 11 is 1.78. The molecule has 0 amide bonds. The van der Waals surface area contributed by atoms with E-state index in [2.05, 4.69) is 88.0 Å². The van der Waals surface area contributed by atoms with Crippen molar-refractivity contribution in [1.82, 2.24) is 9.88 Å². The molecule has 1 aliphatic rings. The van der Waals surface area contributed by atoms with Crippen molar-refractivity contribution in [3.63, 3.8) is 0 Å². The van der Waals surface area contributed by atoms with Gasteiger partial charge in [-0.05, 0) is 35.6 Å². The molecule has 0 bridgehead atoms. The first-order valence-electron chi connectivity index (χ1n) is 10.3. The Morgan fingerprint density at radius 3 is 2.45 bits per heavy atom. The zero-order chi connectivity index (χ0) is 19.5. The topological polar surface area (TPSA) is 19.4 Å². The number of anilines is 1. The molecular formula is C25H25N3S. The van der Waals surface area contributed by atoms with Crippen LogP contribution in [0.15, 0.2) is 78.2 Å². The van der Waals surface area contributed by atoms with E-state index in [1.165, 1.54) is 21.4 Å². The average molecular weight is 400 g/mol. The Morgan fingerprint density at radius 1 is 0.793 bits per heavy atom. The van der Waals surface area contributed by atoms with Crippen LogP contribution in [-0.2, 0) is 6.42 Å². The molecule has 1 saturated heterocycles. The third kappa shape index (κ3) is 4.04. The van der Waals surface area contributed by atoms with Gasteiger partial charge >= 0.3 is 0 Å². The third-order valence-electron chi connectivity index (χ3n) is 5.75. The van der Waals surface area contributed by atoms with Crippen LogP contribution >= 0.6 is 11.3 Å². The molecule has 4 aromatic rings. The fraction of sp³-hybridized carbons (Fsp3) is 0.240. The number of aromatic nitrogens is 1. The first-order chi connectivity index (χ1) is 14.4. The molecule has 0 spiro atoms. The Hall–Kier alpha value is -2.69. The molecule has 1 fully saturated rings. The van der Waals surface area contributed by atoms with Crippen molar-refractivity contribution < 1.29 is 0 Å². The summed E-state index contributed by atoms with van der Waals surface area (Å²) in [6.45, 7) is 5.40. The van der Waals surface area contributed by atoms with E-state index in [4.69, 9.17) is 4.98 Å². The van der Waals surface area contributed by atoms with Gasteiger partial charge in [-0.15, -0.1) is 11.3 Å². The lowest BCUT2D eigenvalue weighted by atomic mass is 10.1. The van der Waals surface area contributed by atoms with Gasteiger partial charge in [0, 0.05) is 48.6 Å². The lowest BCUT2D eigenvalue weighted by molar-refractivity contribution is 0.260. The number of fused-ring (bicyclic) bond motifs is 1. The number of pyridine rings is 1. The molecule has 0 atom stereocenters. The maximum Gasteiger partial charge on any atom is 0.129 e. The second-order valence-corrected chi connectivity index (χ2v) is 8.54. The van der Waals surface area contributed by atoms with E-state index in [0.717, 1.165) is 50.5 Å². The SMILES string of the molecule is c1ccc(CCN2CCN(c3ccc4cccc(-c5cccs5)c4n3)CC2)cc1. The van der Waals surface area contributed by atoms with Gasteiger partial charge in [-0.2, -0.15) is 0 Å². The number of piperazine rings is 1. The summed E-state index contributed by atoms with van der Waals surface area (Å²) in [5, 5.41) is 3.34. The van der Waals surface area contributed by atoms with E-state index in [-0.39, 0.29) is 0 Å². The van der Waals surface area contributed by atoms with Gasteiger partial charge in [0.05, 0.1) is 5.52 Å². The molecule has 2 aromatic heterocycles. The summed E-state index contributed by atoms with van der Waals surface area (Å²) in [4.78, 5) is 11.4. The molecule has 0 unspecified atom stereocenters. The van der Waals surface area contributed by atoms with Crippen molar-refractivity contribution in [2.75, 3.05) is 37.6 Å². The summed E-state index contributed by atoms with van der Waals surface area (Å²) < 4.78 is 0. The van der Waals surface area contributed by atoms with Gasteiger partial charge < -0.3 is 4.90 Å². The molecule has 0 saturated carbocycles. The van der Waals surface area contributed by atoms with Crippen molar-refractivity contribution >= 4 is 28.1 Å². The minimum Gasteiger partial charge on any atom is -0.354 e. The summed E-state index contributed by atoms with van der Waals surface area (Å²) in [6.07, 6.45) is 1.12. The van der Waals surface area contributed by atoms with E-state index in [1.807, 2.05) is 0 Å². The Morgan fingerprint density at radius 2 is 1.66 bits per heavy atom. The molecule has 0 radical (unpaired) electrons. The smallest absolute Gasteiger partial charge is 0.129 e. The zero-order valence-corrected chi connectivity index (χ0v) is 17.3. The Bertz CT molecular complexity index is 1070. The van der Waals surface area contributed by atoms with Gasteiger partial charge in [-0.3, -0.25) is 4.90 Å². The van der Waals surface area contributed by atoms with Crippen LogP contribution in [0.2, 0.25) is 0 Å². The van der Waals surface area contributed by atoms with Gasteiger partial charge in [0.2, 0.25) is 0 Å². The Balaban J connectivity index is 1.29. The fourth-order valence-corrected chi connectivity index (χ4v) is 4.83.